The highest BCUT2D eigenvalue weighted by molar-refractivity contribution is 5.96. The van der Waals surface area contributed by atoms with Crippen LogP contribution < -0.4 is 15.4 Å². The lowest BCUT2D eigenvalue weighted by Gasteiger charge is -2.35. The number of carbonyl (C=O) groups excluding carboxylic acids is 1. The van der Waals surface area contributed by atoms with Crippen LogP contribution in [0.1, 0.15) is 28.8 Å². The van der Waals surface area contributed by atoms with E-state index < -0.39 is 29.3 Å². The van der Waals surface area contributed by atoms with Gasteiger partial charge in [-0.2, -0.15) is 18.2 Å². The van der Waals surface area contributed by atoms with Gasteiger partial charge in [0.2, 0.25) is 5.95 Å². The first-order chi connectivity index (χ1) is 15.5. The lowest BCUT2D eigenvalue weighted by Crippen LogP contribution is -2.44. The third-order valence-corrected chi connectivity index (χ3v) is 5.65. The number of benzene rings is 1. The van der Waals surface area contributed by atoms with Gasteiger partial charge in [-0.25, -0.2) is 9.37 Å². The Morgan fingerprint density at radius 1 is 1.27 bits per heavy atom. The highest BCUT2D eigenvalue weighted by Crippen LogP contribution is 2.35. The summed E-state index contributed by atoms with van der Waals surface area (Å²) in [6.45, 7) is 1.69. The molecule has 2 heterocycles. The number of methoxy groups -OCH3 is 1. The number of hydrogen-bond donors (Lipinski definition) is 2. The van der Waals surface area contributed by atoms with Gasteiger partial charge in [0.25, 0.3) is 5.91 Å². The number of anilines is 3. The number of likely N-dealkylation sites (tertiary alicyclic amines) is 1. The molecule has 1 saturated heterocycles. The smallest absolute Gasteiger partial charge is 0.421 e. The van der Waals surface area contributed by atoms with Gasteiger partial charge in [0.15, 0.2) is 0 Å². The van der Waals surface area contributed by atoms with Crippen LogP contribution in [-0.2, 0) is 6.18 Å². The van der Waals surface area contributed by atoms with E-state index in [9.17, 15) is 22.4 Å². The molecule has 1 aromatic heterocycles. The molecule has 12 heteroatoms. The zero-order valence-electron chi connectivity index (χ0n) is 18.8. The molecule has 0 spiro atoms. The summed E-state index contributed by atoms with van der Waals surface area (Å²) in [6, 6.07) is 2.29. The molecule has 0 saturated carbocycles. The van der Waals surface area contributed by atoms with Crippen molar-refractivity contribution in [1.29, 1.82) is 0 Å². The Balaban J connectivity index is 1.85. The number of alkyl halides is 3. The Morgan fingerprint density at radius 3 is 2.52 bits per heavy atom. The lowest BCUT2D eigenvalue weighted by molar-refractivity contribution is -0.137. The zero-order valence-corrected chi connectivity index (χ0v) is 18.8. The van der Waals surface area contributed by atoms with E-state index in [4.69, 9.17) is 4.74 Å². The molecule has 2 aromatic rings. The van der Waals surface area contributed by atoms with Crippen LogP contribution in [0.3, 0.4) is 0 Å². The van der Waals surface area contributed by atoms with Crippen molar-refractivity contribution in [3.63, 3.8) is 0 Å². The average molecular weight is 470 g/mol. The molecule has 0 aliphatic carbocycles. The quantitative estimate of drug-likeness (QED) is 0.625. The molecule has 1 amide bonds. The summed E-state index contributed by atoms with van der Waals surface area (Å²) in [5.41, 5.74) is -1.13. The number of ether oxygens (including phenoxy) is 1. The van der Waals surface area contributed by atoms with Crippen molar-refractivity contribution in [2.45, 2.75) is 25.1 Å². The van der Waals surface area contributed by atoms with Gasteiger partial charge in [-0.3, -0.25) is 4.79 Å². The van der Waals surface area contributed by atoms with Crippen LogP contribution in [0.2, 0.25) is 0 Å². The molecular weight excluding hydrogens is 444 g/mol. The first-order valence-corrected chi connectivity index (χ1v) is 10.3. The monoisotopic (exact) mass is 470 g/mol. The van der Waals surface area contributed by atoms with Crippen LogP contribution in [0.25, 0.3) is 0 Å². The molecule has 0 radical (unpaired) electrons. The van der Waals surface area contributed by atoms with E-state index in [1.165, 1.54) is 25.1 Å². The minimum absolute atomic E-state index is 0.00240. The van der Waals surface area contributed by atoms with Crippen LogP contribution in [0, 0.1) is 5.82 Å². The largest absolute Gasteiger partial charge is 0.495 e. The van der Waals surface area contributed by atoms with Crippen molar-refractivity contribution >= 4 is 23.4 Å². The van der Waals surface area contributed by atoms with Crippen molar-refractivity contribution in [2.75, 3.05) is 52.0 Å². The van der Waals surface area contributed by atoms with Gasteiger partial charge in [0.05, 0.1) is 18.4 Å². The fraction of sp³-hybridized carbons (Fsp3) is 0.476. The molecule has 1 aliphatic heterocycles. The summed E-state index contributed by atoms with van der Waals surface area (Å²) in [7, 11) is 6.28. The molecule has 0 unspecified atom stereocenters. The summed E-state index contributed by atoms with van der Waals surface area (Å²) >= 11 is 0. The third-order valence-electron chi connectivity index (χ3n) is 5.65. The van der Waals surface area contributed by atoms with E-state index >= 15 is 0 Å². The van der Waals surface area contributed by atoms with Gasteiger partial charge >= 0.3 is 6.18 Å². The summed E-state index contributed by atoms with van der Waals surface area (Å²) in [4.78, 5) is 24.1. The Kier molecular flexibility index (Phi) is 7.25. The van der Waals surface area contributed by atoms with E-state index in [2.05, 4.69) is 25.5 Å². The molecule has 1 aliphatic rings. The Hall–Kier alpha value is -3.15. The second-order valence-corrected chi connectivity index (χ2v) is 7.81. The number of aromatic nitrogens is 2. The normalized spacial score (nSPS) is 15.3. The standard InChI is InChI=1S/C21H26F4N6O2/c1-26-18-14(21(23,24)25)11-27-20(29-18)28-16-10-15(22)13(9-17(16)33-4)19(32)31(3)12-5-7-30(2)8-6-12/h9-12H,5-8H2,1-4H3,(H2,26,27,28,29). The predicted octanol–water partition coefficient (Wildman–Crippen LogP) is 3.59. The summed E-state index contributed by atoms with van der Waals surface area (Å²) in [6.07, 6.45) is -2.44. The number of rotatable bonds is 6. The average Bonchev–Trinajstić information content (AvgIpc) is 2.78. The number of nitrogens with zero attached hydrogens (tertiary/aromatic N) is 4. The van der Waals surface area contributed by atoms with Gasteiger partial charge in [0, 0.05) is 32.4 Å². The fourth-order valence-corrected chi connectivity index (χ4v) is 3.68. The molecular formula is C21H26F4N6O2. The highest BCUT2D eigenvalue weighted by atomic mass is 19.4. The number of carbonyl (C=O) groups is 1. The van der Waals surface area contributed by atoms with E-state index in [0.717, 1.165) is 32.0 Å². The molecule has 180 valence electrons. The number of amides is 1. The SMILES string of the molecule is CNc1nc(Nc2cc(F)c(C(=O)N(C)C3CCN(C)CC3)cc2OC)ncc1C(F)(F)F. The molecule has 3 rings (SSSR count). The first kappa shape index (κ1) is 24.5. The van der Waals surface area contributed by atoms with Gasteiger partial charge in [0.1, 0.15) is 22.9 Å². The summed E-state index contributed by atoms with van der Waals surface area (Å²) < 4.78 is 59.4. The maximum atomic E-state index is 14.9. The van der Waals surface area contributed by atoms with Gasteiger partial charge in [-0.15, -0.1) is 0 Å². The molecule has 0 atom stereocenters. The topological polar surface area (TPSA) is 82.6 Å². The van der Waals surface area contributed by atoms with Gasteiger partial charge in [-0.1, -0.05) is 0 Å². The lowest BCUT2D eigenvalue weighted by atomic mass is 10.0. The number of nitrogens with one attached hydrogen (secondary N) is 2. The highest BCUT2D eigenvalue weighted by Gasteiger charge is 2.35. The minimum atomic E-state index is -4.64. The third kappa shape index (κ3) is 5.44. The number of hydrogen-bond acceptors (Lipinski definition) is 7. The maximum Gasteiger partial charge on any atom is 0.421 e. The molecule has 1 fully saturated rings. The fourth-order valence-electron chi connectivity index (χ4n) is 3.68. The van der Waals surface area contributed by atoms with E-state index in [0.29, 0.717) is 6.20 Å². The van der Waals surface area contributed by atoms with Crippen molar-refractivity contribution in [2.24, 2.45) is 0 Å². The minimum Gasteiger partial charge on any atom is -0.495 e. The van der Waals surface area contributed by atoms with Crippen LogP contribution in [-0.4, -0.2) is 73.1 Å². The molecule has 0 bridgehead atoms. The maximum absolute atomic E-state index is 14.9. The van der Waals surface area contributed by atoms with Crippen molar-refractivity contribution in [3.05, 3.63) is 35.3 Å². The summed E-state index contributed by atoms with van der Waals surface area (Å²) in [5, 5.41) is 5.03. The predicted molar refractivity (Wildman–Crippen MR) is 115 cm³/mol. The molecule has 8 nitrogen and oxygen atoms in total. The van der Waals surface area contributed by atoms with Gasteiger partial charge in [-0.05, 0) is 39.0 Å². The van der Waals surface area contributed by atoms with Crippen molar-refractivity contribution in [1.82, 2.24) is 19.8 Å². The number of piperidine rings is 1. The van der Waals surface area contributed by atoms with Crippen molar-refractivity contribution in [3.8, 4) is 5.75 Å². The zero-order chi connectivity index (χ0) is 24.3. The van der Waals surface area contributed by atoms with Crippen LogP contribution in [0.15, 0.2) is 18.3 Å². The Bertz CT molecular complexity index is 1010. The Morgan fingerprint density at radius 2 is 1.94 bits per heavy atom. The Labute approximate surface area is 188 Å². The molecule has 1 aromatic carbocycles. The second-order valence-electron chi connectivity index (χ2n) is 7.81. The van der Waals surface area contributed by atoms with E-state index in [1.807, 2.05) is 7.05 Å². The van der Waals surface area contributed by atoms with Crippen molar-refractivity contribution < 1.29 is 27.1 Å². The van der Waals surface area contributed by atoms with E-state index in [-0.39, 0.29) is 29.0 Å². The summed E-state index contributed by atoms with van der Waals surface area (Å²) in [5.74, 6) is -1.80. The first-order valence-electron chi connectivity index (χ1n) is 10.3. The second kappa shape index (κ2) is 9.77. The molecule has 33 heavy (non-hydrogen) atoms. The molecule has 2 N–H and O–H groups in total. The van der Waals surface area contributed by atoms with Crippen LogP contribution >= 0.6 is 0 Å². The van der Waals surface area contributed by atoms with Crippen LogP contribution in [0.4, 0.5) is 35.0 Å². The number of halogens is 4. The van der Waals surface area contributed by atoms with Gasteiger partial charge < -0.3 is 25.2 Å². The van der Waals surface area contributed by atoms with E-state index in [1.54, 1.807) is 7.05 Å². The van der Waals surface area contributed by atoms with Crippen LogP contribution in [0.5, 0.6) is 5.75 Å².